The molecule has 0 heterocycles. The van der Waals surface area contributed by atoms with Crippen molar-refractivity contribution in [3.05, 3.63) is 35.6 Å². The van der Waals surface area contributed by atoms with E-state index in [1.54, 1.807) is 25.1 Å². The van der Waals surface area contributed by atoms with Crippen LogP contribution in [0.15, 0.2) is 24.3 Å². The minimum atomic E-state index is -0.354. The second-order valence-electron chi connectivity index (χ2n) is 3.47. The molecule has 0 saturated heterocycles. The average Bonchev–Trinajstić information content (AvgIpc) is 2.21. The molecule has 0 unspecified atom stereocenters. The van der Waals surface area contributed by atoms with E-state index in [1.807, 2.05) is 0 Å². The molecule has 0 aliphatic carbocycles. The highest BCUT2D eigenvalue weighted by Crippen LogP contribution is 2.06. The number of carbonyl (C=O) groups excluding carboxylic acids is 1. The first-order valence-corrected chi connectivity index (χ1v) is 4.86. The Hall–Kier alpha value is -1.13. The van der Waals surface area contributed by atoms with Crippen LogP contribution in [-0.4, -0.2) is 18.5 Å². The van der Waals surface area contributed by atoms with Crippen molar-refractivity contribution >= 4 is 18.3 Å². The third-order valence-electron chi connectivity index (χ3n) is 2.07. The van der Waals surface area contributed by atoms with E-state index in [2.05, 4.69) is 5.32 Å². The van der Waals surface area contributed by atoms with Gasteiger partial charge >= 0.3 is 0 Å². The minimum Gasteiger partial charge on any atom is -0.352 e. The molecule has 1 amide bonds. The maximum Gasteiger partial charge on any atom is 0.224 e. The molecule has 1 rings (SSSR count). The zero-order chi connectivity index (χ0) is 11.3. The second-order valence-corrected chi connectivity index (χ2v) is 3.47. The van der Waals surface area contributed by atoms with Crippen molar-refractivity contribution < 1.29 is 9.18 Å². The van der Waals surface area contributed by atoms with Gasteiger partial charge in [-0.2, -0.15) is 0 Å². The molecule has 0 bridgehead atoms. The van der Waals surface area contributed by atoms with E-state index < -0.39 is 0 Å². The van der Waals surface area contributed by atoms with Gasteiger partial charge in [0.25, 0.3) is 0 Å². The average molecular weight is 247 g/mol. The first-order chi connectivity index (χ1) is 7.13. The lowest BCUT2D eigenvalue weighted by atomic mass is 10.1. The highest BCUT2D eigenvalue weighted by atomic mass is 35.5. The van der Waals surface area contributed by atoms with Gasteiger partial charge in [-0.3, -0.25) is 4.79 Å². The van der Waals surface area contributed by atoms with Gasteiger partial charge in [0.15, 0.2) is 0 Å². The molecule has 90 valence electrons. The van der Waals surface area contributed by atoms with Crippen LogP contribution in [0.2, 0.25) is 0 Å². The quantitative estimate of drug-likeness (QED) is 0.840. The largest absolute Gasteiger partial charge is 0.352 e. The van der Waals surface area contributed by atoms with Gasteiger partial charge in [0.05, 0.1) is 6.42 Å². The number of nitrogens with two attached hydrogens (primary N) is 1. The lowest BCUT2D eigenvalue weighted by molar-refractivity contribution is -0.121. The zero-order valence-corrected chi connectivity index (χ0v) is 9.89. The fraction of sp³-hybridized carbons (Fsp3) is 0.364. The molecule has 1 atom stereocenters. The summed E-state index contributed by atoms with van der Waals surface area (Å²) in [6, 6.07) is 6.16. The molecule has 1 aromatic carbocycles. The molecule has 0 radical (unpaired) electrons. The number of hydrogen-bond donors (Lipinski definition) is 2. The lowest BCUT2D eigenvalue weighted by Gasteiger charge is -2.11. The number of halogens is 2. The molecule has 0 aromatic heterocycles. The Balaban J connectivity index is 0.00000225. The molecule has 0 saturated carbocycles. The van der Waals surface area contributed by atoms with Gasteiger partial charge in [0.2, 0.25) is 5.91 Å². The molecule has 0 fully saturated rings. The second kappa shape index (κ2) is 7.19. The van der Waals surface area contributed by atoms with Gasteiger partial charge in [-0.15, -0.1) is 12.4 Å². The van der Waals surface area contributed by atoms with E-state index in [1.165, 1.54) is 6.07 Å². The van der Waals surface area contributed by atoms with E-state index in [0.29, 0.717) is 12.1 Å². The van der Waals surface area contributed by atoms with Crippen LogP contribution in [0.5, 0.6) is 0 Å². The standard InChI is InChI=1S/C11H15FN2O.ClH/c1-8(7-13)14-11(15)6-9-4-2-3-5-10(9)12;/h2-5,8H,6-7,13H2,1H3,(H,14,15);1H/t8-;/m1./s1. The van der Waals surface area contributed by atoms with Crippen LogP contribution in [0.1, 0.15) is 12.5 Å². The first kappa shape index (κ1) is 14.9. The van der Waals surface area contributed by atoms with E-state index in [0.717, 1.165) is 0 Å². The Labute approximate surface area is 101 Å². The molecule has 16 heavy (non-hydrogen) atoms. The van der Waals surface area contributed by atoms with Crippen molar-refractivity contribution in [1.82, 2.24) is 5.32 Å². The predicted octanol–water partition coefficient (Wildman–Crippen LogP) is 1.25. The SMILES string of the molecule is C[C@H](CN)NC(=O)Cc1ccccc1F.Cl. The van der Waals surface area contributed by atoms with Gasteiger partial charge < -0.3 is 11.1 Å². The van der Waals surface area contributed by atoms with Gasteiger partial charge in [-0.05, 0) is 18.6 Å². The third-order valence-corrected chi connectivity index (χ3v) is 2.07. The topological polar surface area (TPSA) is 55.1 Å². The molecule has 5 heteroatoms. The molecule has 1 aromatic rings. The summed E-state index contributed by atoms with van der Waals surface area (Å²) in [4.78, 5) is 11.4. The van der Waals surface area contributed by atoms with Crippen LogP contribution in [0.4, 0.5) is 4.39 Å². The summed E-state index contributed by atoms with van der Waals surface area (Å²) in [5.41, 5.74) is 5.76. The van der Waals surface area contributed by atoms with Crippen molar-refractivity contribution in [2.45, 2.75) is 19.4 Å². The fourth-order valence-electron chi connectivity index (χ4n) is 1.20. The van der Waals surface area contributed by atoms with Crippen LogP contribution >= 0.6 is 12.4 Å². The number of nitrogens with one attached hydrogen (secondary N) is 1. The van der Waals surface area contributed by atoms with Crippen LogP contribution in [0, 0.1) is 5.82 Å². The molecule has 3 N–H and O–H groups in total. The van der Waals surface area contributed by atoms with Gasteiger partial charge in [-0.1, -0.05) is 18.2 Å². The Morgan fingerprint density at radius 2 is 2.12 bits per heavy atom. The Bertz CT molecular complexity index is 347. The zero-order valence-electron chi connectivity index (χ0n) is 9.07. The fourth-order valence-corrected chi connectivity index (χ4v) is 1.20. The maximum absolute atomic E-state index is 13.2. The molecule has 0 aliphatic heterocycles. The molecular formula is C11H16ClFN2O. The van der Waals surface area contributed by atoms with Crippen LogP contribution < -0.4 is 11.1 Å². The normalized spacial score (nSPS) is 11.4. The minimum absolute atomic E-state index is 0. The number of amides is 1. The van der Waals surface area contributed by atoms with Gasteiger partial charge in [0, 0.05) is 12.6 Å². The number of hydrogen-bond acceptors (Lipinski definition) is 2. The Morgan fingerprint density at radius 3 is 2.69 bits per heavy atom. The van der Waals surface area contributed by atoms with Crippen molar-refractivity contribution in [3.8, 4) is 0 Å². The van der Waals surface area contributed by atoms with E-state index in [4.69, 9.17) is 5.73 Å². The Kier molecular flexibility index (Phi) is 6.69. The maximum atomic E-state index is 13.2. The number of benzene rings is 1. The summed E-state index contributed by atoms with van der Waals surface area (Å²) in [5.74, 6) is -0.564. The monoisotopic (exact) mass is 246 g/mol. The van der Waals surface area contributed by atoms with Gasteiger partial charge in [0.1, 0.15) is 5.82 Å². The van der Waals surface area contributed by atoms with Gasteiger partial charge in [-0.25, -0.2) is 4.39 Å². The van der Waals surface area contributed by atoms with Crippen LogP contribution in [0.3, 0.4) is 0 Å². The third kappa shape index (κ3) is 4.59. The van der Waals surface area contributed by atoms with Crippen LogP contribution in [-0.2, 0) is 11.2 Å². The number of carbonyl (C=O) groups is 1. The molecular weight excluding hydrogens is 231 g/mol. The van der Waals surface area contributed by atoms with Crippen molar-refractivity contribution in [2.75, 3.05) is 6.54 Å². The summed E-state index contributed by atoms with van der Waals surface area (Å²) >= 11 is 0. The highest BCUT2D eigenvalue weighted by molar-refractivity contribution is 5.85. The summed E-state index contributed by atoms with van der Waals surface area (Å²) in [6.45, 7) is 2.18. The molecule has 0 spiro atoms. The smallest absolute Gasteiger partial charge is 0.224 e. The van der Waals surface area contributed by atoms with E-state index in [9.17, 15) is 9.18 Å². The predicted molar refractivity (Wildman–Crippen MR) is 64.0 cm³/mol. The van der Waals surface area contributed by atoms with Crippen molar-refractivity contribution in [1.29, 1.82) is 0 Å². The highest BCUT2D eigenvalue weighted by Gasteiger charge is 2.09. The summed E-state index contributed by atoms with van der Waals surface area (Å²) < 4.78 is 13.2. The molecule has 3 nitrogen and oxygen atoms in total. The number of rotatable bonds is 4. The first-order valence-electron chi connectivity index (χ1n) is 4.86. The van der Waals surface area contributed by atoms with E-state index >= 15 is 0 Å². The Morgan fingerprint density at radius 1 is 1.50 bits per heavy atom. The van der Waals surface area contributed by atoms with Crippen LogP contribution in [0.25, 0.3) is 0 Å². The summed E-state index contributed by atoms with van der Waals surface area (Å²) in [6.07, 6.45) is 0.0526. The summed E-state index contributed by atoms with van der Waals surface area (Å²) in [7, 11) is 0. The lowest BCUT2D eigenvalue weighted by Crippen LogP contribution is -2.38. The van der Waals surface area contributed by atoms with Crippen molar-refractivity contribution in [2.24, 2.45) is 5.73 Å². The van der Waals surface area contributed by atoms with Crippen molar-refractivity contribution in [3.63, 3.8) is 0 Å². The van der Waals surface area contributed by atoms with E-state index in [-0.39, 0.29) is 36.6 Å². The summed E-state index contributed by atoms with van der Waals surface area (Å²) in [5, 5.41) is 2.67. The molecule has 0 aliphatic rings.